The summed E-state index contributed by atoms with van der Waals surface area (Å²) in [6.07, 6.45) is 3.47. The molecule has 2 fully saturated rings. The van der Waals surface area contributed by atoms with E-state index in [1.165, 1.54) is 18.6 Å². The summed E-state index contributed by atoms with van der Waals surface area (Å²) >= 11 is 0. The Bertz CT molecular complexity index is 409. The number of benzene rings is 1. The van der Waals surface area contributed by atoms with E-state index in [2.05, 4.69) is 5.32 Å². The molecular weight excluding hydrogens is 233 g/mol. The summed E-state index contributed by atoms with van der Waals surface area (Å²) in [7, 11) is 0. The number of aliphatic hydroxyl groups excluding tert-OH is 1. The van der Waals surface area contributed by atoms with Crippen molar-refractivity contribution in [1.82, 2.24) is 5.32 Å². The van der Waals surface area contributed by atoms with Crippen molar-refractivity contribution in [2.45, 2.75) is 43.6 Å². The van der Waals surface area contributed by atoms with Gasteiger partial charge in [-0.25, -0.2) is 4.39 Å². The van der Waals surface area contributed by atoms with E-state index in [9.17, 15) is 9.50 Å². The Morgan fingerprint density at radius 1 is 1.33 bits per heavy atom. The molecule has 0 amide bonds. The maximum absolute atomic E-state index is 12.8. The van der Waals surface area contributed by atoms with Gasteiger partial charge in [-0.1, -0.05) is 12.1 Å². The average molecular weight is 251 g/mol. The highest BCUT2D eigenvalue weighted by atomic mass is 19.1. The van der Waals surface area contributed by atoms with Gasteiger partial charge in [-0.05, 0) is 37.0 Å². The average Bonchev–Trinajstić information content (AvgIpc) is 2.99. The predicted octanol–water partition coefficient (Wildman–Crippen LogP) is 1.77. The van der Waals surface area contributed by atoms with Gasteiger partial charge in [0.2, 0.25) is 0 Å². The normalized spacial score (nSPS) is 31.8. The molecule has 2 bridgehead atoms. The van der Waals surface area contributed by atoms with E-state index < -0.39 is 6.10 Å². The van der Waals surface area contributed by atoms with E-state index in [4.69, 9.17) is 4.74 Å². The first kappa shape index (κ1) is 12.1. The fraction of sp³-hybridized carbons (Fsp3) is 0.571. The highest BCUT2D eigenvalue weighted by Gasteiger charge is 2.40. The molecule has 98 valence electrons. The molecule has 2 aliphatic heterocycles. The third-order valence-electron chi connectivity index (χ3n) is 3.93. The molecule has 0 aromatic heterocycles. The summed E-state index contributed by atoms with van der Waals surface area (Å²) in [6, 6.07) is 6.36. The summed E-state index contributed by atoms with van der Waals surface area (Å²) in [5.41, 5.74) is 0.743. The van der Waals surface area contributed by atoms with Gasteiger partial charge < -0.3 is 15.2 Å². The summed E-state index contributed by atoms with van der Waals surface area (Å²) in [6.45, 7) is 0.489. The second-order valence-corrected chi connectivity index (χ2v) is 5.19. The van der Waals surface area contributed by atoms with Crippen molar-refractivity contribution in [2.24, 2.45) is 0 Å². The number of nitrogens with one attached hydrogen (secondary N) is 1. The lowest BCUT2D eigenvalue weighted by Crippen LogP contribution is -2.39. The number of aliphatic hydroxyl groups is 1. The van der Waals surface area contributed by atoms with Crippen LogP contribution in [0.25, 0.3) is 0 Å². The third-order valence-corrected chi connectivity index (χ3v) is 3.93. The Morgan fingerprint density at radius 3 is 2.72 bits per heavy atom. The SMILES string of the molecule is OC(CNC1CC2CCC1O2)c1ccc(F)cc1. The van der Waals surface area contributed by atoms with Crippen LogP contribution in [0.5, 0.6) is 0 Å². The molecule has 1 aromatic carbocycles. The quantitative estimate of drug-likeness (QED) is 0.857. The molecule has 1 aromatic rings. The fourth-order valence-corrected chi connectivity index (χ4v) is 2.92. The Labute approximate surface area is 106 Å². The Balaban J connectivity index is 1.52. The molecule has 4 heteroatoms. The number of rotatable bonds is 4. The van der Waals surface area contributed by atoms with Gasteiger partial charge in [-0.15, -0.1) is 0 Å². The molecule has 0 radical (unpaired) electrons. The summed E-state index contributed by atoms with van der Waals surface area (Å²) in [5, 5.41) is 13.4. The van der Waals surface area contributed by atoms with Gasteiger partial charge in [0.05, 0.1) is 18.3 Å². The molecule has 3 rings (SSSR count). The Morgan fingerprint density at radius 2 is 2.11 bits per heavy atom. The standard InChI is InChI=1S/C14H18FNO2/c15-10-3-1-9(2-4-10)13(17)8-16-12-7-11-5-6-14(12)18-11/h1-4,11-14,16-17H,5-8H2. The second kappa shape index (κ2) is 4.96. The lowest BCUT2D eigenvalue weighted by Gasteiger charge is -2.22. The van der Waals surface area contributed by atoms with Crippen LogP contribution in [0.3, 0.4) is 0 Å². The largest absolute Gasteiger partial charge is 0.387 e. The molecule has 3 nitrogen and oxygen atoms in total. The van der Waals surface area contributed by atoms with Crippen LogP contribution in [0.15, 0.2) is 24.3 Å². The smallest absolute Gasteiger partial charge is 0.123 e. The van der Waals surface area contributed by atoms with Crippen molar-refractivity contribution < 1.29 is 14.2 Å². The lowest BCUT2D eigenvalue weighted by molar-refractivity contribution is 0.0942. The van der Waals surface area contributed by atoms with Crippen molar-refractivity contribution >= 4 is 0 Å². The van der Waals surface area contributed by atoms with Gasteiger partial charge in [0.15, 0.2) is 0 Å². The van der Waals surface area contributed by atoms with Gasteiger partial charge in [-0.3, -0.25) is 0 Å². The Hall–Kier alpha value is -0.970. The van der Waals surface area contributed by atoms with E-state index in [0.29, 0.717) is 24.8 Å². The molecule has 0 saturated carbocycles. The van der Waals surface area contributed by atoms with Crippen LogP contribution < -0.4 is 5.32 Å². The fourth-order valence-electron chi connectivity index (χ4n) is 2.92. The van der Waals surface area contributed by atoms with Crippen LogP contribution in [0.1, 0.15) is 30.9 Å². The number of ether oxygens (including phenoxy) is 1. The molecule has 2 N–H and O–H groups in total. The van der Waals surface area contributed by atoms with Crippen LogP contribution in [-0.2, 0) is 4.74 Å². The zero-order chi connectivity index (χ0) is 12.5. The van der Waals surface area contributed by atoms with Gasteiger partial charge in [0.1, 0.15) is 5.82 Å². The summed E-state index contributed by atoms with van der Waals surface area (Å²) < 4.78 is 18.5. The lowest BCUT2D eigenvalue weighted by atomic mass is 9.95. The van der Waals surface area contributed by atoms with Crippen molar-refractivity contribution in [3.05, 3.63) is 35.6 Å². The molecule has 4 unspecified atom stereocenters. The zero-order valence-electron chi connectivity index (χ0n) is 10.2. The number of hydrogen-bond donors (Lipinski definition) is 2. The highest BCUT2D eigenvalue weighted by molar-refractivity contribution is 5.18. The van der Waals surface area contributed by atoms with Crippen LogP contribution in [0.2, 0.25) is 0 Å². The molecule has 0 spiro atoms. The first-order valence-corrected chi connectivity index (χ1v) is 6.55. The molecule has 2 heterocycles. The third kappa shape index (κ3) is 2.41. The zero-order valence-corrected chi connectivity index (χ0v) is 10.2. The van der Waals surface area contributed by atoms with Gasteiger partial charge in [0, 0.05) is 12.6 Å². The van der Waals surface area contributed by atoms with E-state index in [1.807, 2.05) is 0 Å². The van der Waals surface area contributed by atoms with E-state index in [-0.39, 0.29) is 5.82 Å². The van der Waals surface area contributed by atoms with Gasteiger partial charge in [0.25, 0.3) is 0 Å². The van der Waals surface area contributed by atoms with E-state index in [0.717, 1.165) is 18.4 Å². The summed E-state index contributed by atoms with van der Waals surface area (Å²) in [4.78, 5) is 0. The minimum atomic E-state index is -0.593. The van der Waals surface area contributed by atoms with E-state index >= 15 is 0 Å². The van der Waals surface area contributed by atoms with Gasteiger partial charge >= 0.3 is 0 Å². The van der Waals surface area contributed by atoms with E-state index in [1.54, 1.807) is 12.1 Å². The van der Waals surface area contributed by atoms with Crippen molar-refractivity contribution in [3.63, 3.8) is 0 Å². The molecule has 4 atom stereocenters. The molecule has 18 heavy (non-hydrogen) atoms. The van der Waals surface area contributed by atoms with Crippen molar-refractivity contribution in [3.8, 4) is 0 Å². The molecule has 0 aliphatic carbocycles. The minimum absolute atomic E-state index is 0.277. The first-order valence-electron chi connectivity index (χ1n) is 6.55. The number of fused-ring (bicyclic) bond motifs is 2. The van der Waals surface area contributed by atoms with Gasteiger partial charge in [-0.2, -0.15) is 0 Å². The highest BCUT2D eigenvalue weighted by Crippen LogP contribution is 2.34. The first-order chi connectivity index (χ1) is 8.72. The Kier molecular flexibility index (Phi) is 3.33. The second-order valence-electron chi connectivity index (χ2n) is 5.19. The predicted molar refractivity (Wildman–Crippen MR) is 65.7 cm³/mol. The molecule has 2 aliphatic rings. The van der Waals surface area contributed by atoms with Crippen LogP contribution in [0.4, 0.5) is 4.39 Å². The van der Waals surface area contributed by atoms with Crippen molar-refractivity contribution in [1.29, 1.82) is 0 Å². The topological polar surface area (TPSA) is 41.5 Å². The number of halogens is 1. The summed E-state index contributed by atoms with van der Waals surface area (Å²) in [5.74, 6) is -0.277. The van der Waals surface area contributed by atoms with Crippen LogP contribution >= 0.6 is 0 Å². The van der Waals surface area contributed by atoms with Crippen molar-refractivity contribution in [2.75, 3.05) is 6.54 Å². The maximum Gasteiger partial charge on any atom is 0.123 e. The minimum Gasteiger partial charge on any atom is -0.387 e. The molecule has 2 saturated heterocycles. The maximum atomic E-state index is 12.8. The monoisotopic (exact) mass is 251 g/mol. The van der Waals surface area contributed by atoms with Crippen LogP contribution in [0, 0.1) is 5.82 Å². The molecular formula is C14H18FNO2. The number of hydrogen-bond acceptors (Lipinski definition) is 3. The van der Waals surface area contributed by atoms with Crippen LogP contribution in [-0.4, -0.2) is 29.9 Å².